The predicted octanol–water partition coefficient (Wildman–Crippen LogP) is 1.51. The molecule has 94 valence electrons. The largest absolute Gasteiger partial charge is 0.481 e. The Kier molecular flexibility index (Phi) is 2.40. The maximum absolute atomic E-state index is 12.0. The predicted molar refractivity (Wildman–Crippen MR) is 64.7 cm³/mol. The average Bonchev–Trinajstić information content (AvgIpc) is 3.24. The van der Waals surface area contributed by atoms with Crippen LogP contribution in [0.1, 0.15) is 24.8 Å². The first kappa shape index (κ1) is 11.3. The Labute approximate surface area is 105 Å². The van der Waals surface area contributed by atoms with Gasteiger partial charge in [0.1, 0.15) is 0 Å². The van der Waals surface area contributed by atoms with Gasteiger partial charge >= 0.3 is 5.97 Å². The number of carbonyl (C=O) groups excluding carboxylic acids is 1. The normalized spacial score (nSPS) is 27.3. The minimum atomic E-state index is -0.861. The zero-order valence-corrected chi connectivity index (χ0v) is 9.93. The summed E-state index contributed by atoms with van der Waals surface area (Å²) in [6, 6.07) is 9.88. The first-order valence-electron chi connectivity index (χ1n) is 6.23. The molecule has 1 amide bonds. The third-order valence-electron chi connectivity index (χ3n) is 3.88. The molecule has 0 radical (unpaired) electrons. The van der Waals surface area contributed by atoms with E-state index in [1.54, 1.807) is 0 Å². The Morgan fingerprint density at radius 1 is 1.17 bits per heavy atom. The maximum Gasteiger partial charge on any atom is 0.307 e. The van der Waals surface area contributed by atoms with E-state index in [0.29, 0.717) is 6.42 Å². The van der Waals surface area contributed by atoms with E-state index in [0.717, 1.165) is 18.4 Å². The summed E-state index contributed by atoms with van der Waals surface area (Å²) >= 11 is 0. The second-order valence-electron chi connectivity index (χ2n) is 5.22. The lowest BCUT2D eigenvalue weighted by atomic mass is 10.0. The molecule has 2 atom stereocenters. The molecule has 3 rings (SSSR count). The van der Waals surface area contributed by atoms with Crippen LogP contribution in [0.3, 0.4) is 0 Å². The Morgan fingerprint density at radius 3 is 2.33 bits per heavy atom. The minimum Gasteiger partial charge on any atom is -0.481 e. The number of carboxylic acids is 1. The lowest BCUT2D eigenvalue weighted by molar-refractivity contribution is -0.140. The second-order valence-corrected chi connectivity index (χ2v) is 5.22. The third kappa shape index (κ3) is 1.88. The van der Waals surface area contributed by atoms with Crippen LogP contribution < -0.4 is 5.32 Å². The number of hydrogen-bond donors (Lipinski definition) is 2. The Balaban J connectivity index is 1.67. The monoisotopic (exact) mass is 245 g/mol. The molecular formula is C14H15NO3. The van der Waals surface area contributed by atoms with Crippen molar-refractivity contribution in [1.82, 2.24) is 5.32 Å². The average molecular weight is 245 g/mol. The van der Waals surface area contributed by atoms with Crippen LogP contribution >= 0.6 is 0 Å². The van der Waals surface area contributed by atoms with Gasteiger partial charge in [0.2, 0.25) is 5.91 Å². The van der Waals surface area contributed by atoms with Crippen molar-refractivity contribution < 1.29 is 14.7 Å². The lowest BCUT2D eigenvalue weighted by Gasteiger charge is -2.17. The van der Waals surface area contributed by atoms with Gasteiger partial charge in [-0.25, -0.2) is 0 Å². The topological polar surface area (TPSA) is 66.4 Å². The first-order chi connectivity index (χ1) is 8.62. The van der Waals surface area contributed by atoms with Crippen molar-refractivity contribution in [3.63, 3.8) is 0 Å². The van der Waals surface area contributed by atoms with E-state index >= 15 is 0 Å². The van der Waals surface area contributed by atoms with Crippen molar-refractivity contribution in [2.24, 2.45) is 11.8 Å². The highest BCUT2D eigenvalue weighted by atomic mass is 16.4. The Hall–Kier alpha value is -1.84. The van der Waals surface area contributed by atoms with Crippen LogP contribution in [0.2, 0.25) is 0 Å². The van der Waals surface area contributed by atoms with Gasteiger partial charge in [-0.15, -0.1) is 0 Å². The third-order valence-corrected chi connectivity index (χ3v) is 3.88. The molecule has 1 aromatic carbocycles. The van der Waals surface area contributed by atoms with E-state index in [-0.39, 0.29) is 17.4 Å². The van der Waals surface area contributed by atoms with Crippen molar-refractivity contribution in [2.75, 3.05) is 0 Å². The van der Waals surface area contributed by atoms with Gasteiger partial charge in [-0.05, 0) is 24.8 Å². The van der Waals surface area contributed by atoms with Crippen LogP contribution in [0.5, 0.6) is 0 Å². The smallest absolute Gasteiger partial charge is 0.307 e. The summed E-state index contributed by atoms with van der Waals surface area (Å²) in [7, 11) is 0. The molecule has 18 heavy (non-hydrogen) atoms. The number of aliphatic carboxylic acids is 1. The molecule has 1 aromatic rings. The van der Waals surface area contributed by atoms with Gasteiger partial charge in [0.15, 0.2) is 0 Å². The number of amides is 1. The highest BCUT2D eigenvalue weighted by Crippen LogP contribution is 2.47. The van der Waals surface area contributed by atoms with Crippen LogP contribution in [-0.2, 0) is 15.1 Å². The van der Waals surface area contributed by atoms with Gasteiger partial charge in [-0.2, -0.15) is 0 Å². The summed E-state index contributed by atoms with van der Waals surface area (Å²) in [6.07, 6.45) is 2.35. The van der Waals surface area contributed by atoms with Crippen molar-refractivity contribution in [3.8, 4) is 0 Å². The maximum atomic E-state index is 12.0. The van der Waals surface area contributed by atoms with Gasteiger partial charge < -0.3 is 10.4 Å². The van der Waals surface area contributed by atoms with Crippen molar-refractivity contribution in [2.45, 2.75) is 24.8 Å². The van der Waals surface area contributed by atoms with Gasteiger partial charge in [0.05, 0.1) is 17.4 Å². The van der Waals surface area contributed by atoms with Gasteiger partial charge in [-0.1, -0.05) is 30.3 Å². The van der Waals surface area contributed by atoms with E-state index < -0.39 is 11.9 Å². The number of carboxylic acid groups (broad SMARTS) is 1. The summed E-state index contributed by atoms with van der Waals surface area (Å²) in [4.78, 5) is 22.7. The molecule has 2 unspecified atom stereocenters. The van der Waals surface area contributed by atoms with E-state index in [1.807, 2.05) is 30.3 Å². The van der Waals surface area contributed by atoms with E-state index in [9.17, 15) is 9.59 Å². The van der Waals surface area contributed by atoms with Crippen LogP contribution in [0.4, 0.5) is 0 Å². The molecule has 4 heteroatoms. The SMILES string of the molecule is O=C(O)C1CC1C(=O)NC1(c2ccccc2)CC1. The van der Waals surface area contributed by atoms with Crippen LogP contribution in [-0.4, -0.2) is 17.0 Å². The molecule has 4 nitrogen and oxygen atoms in total. The first-order valence-corrected chi connectivity index (χ1v) is 6.23. The molecule has 2 fully saturated rings. The zero-order chi connectivity index (χ0) is 12.8. The Bertz CT molecular complexity index is 493. The summed E-state index contributed by atoms with van der Waals surface area (Å²) in [5.41, 5.74) is 0.884. The fourth-order valence-electron chi connectivity index (χ4n) is 2.45. The van der Waals surface area contributed by atoms with E-state index in [4.69, 9.17) is 5.11 Å². The van der Waals surface area contributed by atoms with Gasteiger partial charge in [0, 0.05) is 0 Å². The molecule has 2 N–H and O–H groups in total. The lowest BCUT2D eigenvalue weighted by Crippen LogP contribution is -2.36. The summed E-state index contributed by atoms with van der Waals surface area (Å²) < 4.78 is 0. The molecule has 2 saturated carbocycles. The van der Waals surface area contributed by atoms with Gasteiger partial charge in [0.25, 0.3) is 0 Å². The number of benzene rings is 1. The van der Waals surface area contributed by atoms with Crippen molar-refractivity contribution in [3.05, 3.63) is 35.9 Å². The molecule has 0 saturated heterocycles. The van der Waals surface area contributed by atoms with Crippen LogP contribution in [0.15, 0.2) is 30.3 Å². The molecule has 0 spiro atoms. The molecule has 0 aliphatic heterocycles. The molecule has 2 aliphatic rings. The second kappa shape index (κ2) is 3.83. The fourth-order valence-corrected chi connectivity index (χ4v) is 2.45. The standard InChI is InChI=1S/C14H15NO3/c16-12(10-8-11(10)13(17)18)15-14(6-7-14)9-4-2-1-3-5-9/h1-5,10-11H,6-8H2,(H,15,16)(H,17,18). The molecule has 0 aromatic heterocycles. The fraction of sp³-hybridized carbons (Fsp3) is 0.429. The number of carbonyl (C=O) groups is 2. The number of nitrogens with one attached hydrogen (secondary N) is 1. The van der Waals surface area contributed by atoms with Crippen LogP contribution in [0, 0.1) is 11.8 Å². The van der Waals surface area contributed by atoms with Crippen molar-refractivity contribution in [1.29, 1.82) is 0 Å². The Morgan fingerprint density at radius 2 is 1.83 bits per heavy atom. The molecule has 0 bridgehead atoms. The number of hydrogen-bond acceptors (Lipinski definition) is 2. The molecular weight excluding hydrogens is 230 g/mol. The summed E-state index contributed by atoms with van der Waals surface area (Å²) in [5.74, 6) is -1.77. The minimum absolute atomic E-state index is 0.108. The van der Waals surface area contributed by atoms with Gasteiger partial charge in [-0.3, -0.25) is 9.59 Å². The molecule has 0 heterocycles. The summed E-state index contributed by atoms with van der Waals surface area (Å²) in [6.45, 7) is 0. The zero-order valence-electron chi connectivity index (χ0n) is 9.93. The summed E-state index contributed by atoms with van der Waals surface area (Å²) in [5, 5.41) is 11.9. The number of rotatable bonds is 4. The van der Waals surface area contributed by atoms with Crippen LogP contribution in [0.25, 0.3) is 0 Å². The van der Waals surface area contributed by atoms with Crippen molar-refractivity contribution >= 4 is 11.9 Å². The quantitative estimate of drug-likeness (QED) is 0.845. The van der Waals surface area contributed by atoms with E-state index in [1.165, 1.54) is 0 Å². The highest BCUT2D eigenvalue weighted by Gasteiger charge is 2.52. The van der Waals surface area contributed by atoms with E-state index in [2.05, 4.69) is 5.32 Å². The molecule has 2 aliphatic carbocycles. The highest BCUT2D eigenvalue weighted by molar-refractivity contribution is 5.90.